The van der Waals surface area contributed by atoms with Crippen molar-refractivity contribution >= 4 is 29.7 Å². The average Bonchev–Trinajstić information content (AvgIpc) is 2.80. The number of carbonyl (C=O) groups is 3. The fraction of sp³-hybridized carbons (Fsp3) is 0.120. The number of nitrogens with zero attached hydrogens (tertiary/aromatic N) is 1. The number of aryl methyl sites for hydroxylation is 2. The third-order valence-electron chi connectivity index (χ3n) is 4.61. The zero-order valence-electron chi connectivity index (χ0n) is 17.8. The Morgan fingerprint density at radius 2 is 1.59 bits per heavy atom. The summed E-state index contributed by atoms with van der Waals surface area (Å²) in [4.78, 5) is 36.2. The summed E-state index contributed by atoms with van der Waals surface area (Å²) < 4.78 is 5.34. The molecule has 7 nitrogen and oxygen atoms in total. The Hall–Kier alpha value is -4.26. The third-order valence-corrected chi connectivity index (χ3v) is 4.61. The van der Waals surface area contributed by atoms with Crippen LogP contribution in [0.25, 0.3) is 0 Å². The van der Waals surface area contributed by atoms with Crippen molar-refractivity contribution in [3.63, 3.8) is 0 Å². The maximum atomic E-state index is 12.2. The number of ether oxygens (including phenoxy) is 1. The number of amides is 2. The number of esters is 1. The van der Waals surface area contributed by atoms with Crippen LogP contribution in [-0.4, -0.2) is 24.0 Å². The number of anilines is 1. The Kier molecular flexibility index (Phi) is 7.48. The number of nitrogens with one attached hydrogen (secondary N) is 2. The molecule has 0 radical (unpaired) electrons. The zero-order chi connectivity index (χ0) is 22.9. The standard InChI is InChI=1S/C25H23N3O4/c1-3-19-6-4-5-7-22(19)27-23(29)24(30)28-26-16-18-10-14-21(15-11-18)32-25(31)20-12-8-17(2)9-13-20/h4-16H,3H2,1-2H3,(H,27,29)(H,28,30). The van der Waals surface area contributed by atoms with Gasteiger partial charge in [-0.1, -0.05) is 42.8 Å². The van der Waals surface area contributed by atoms with E-state index in [4.69, 9.17) is 4.74 Å². The summed E-state index contributed by atoms with van der Waals surface area (Å²) in [5.74, 6) is -1.75. The minimum absolute atomic E-state index is 0.380. The van der Waals surface area contributed by atoms with Crippen molar-refractivity contribution in [1.29, 1.82) is 0 Å². The number of hydrogen-bond acceptors (Lipinski definition) is 5. The first-order chi connectivity index (χ1) is 15.5. The van der Waals surface area contributed by atoms with Crippen LogP contribution in [0.15, 0.2) is 77.9 Å². The number of para-hydroxylation sites is 1. The molecular weight excluding hydrogens is 406 g/mol. The predicted molar refractivity (Wildman–Crippen MR) is 123 cm³/mol. The maximum absolute atomic E-state index is 12.2. The van der Waals surface area contributed by atoms with Gasteiger partial charge in [0.25, 0.3) is 0 Å². The summed E-state index contributed by atoms with van der Waals surface area (Å²) in [5, 5.41) is 6.38. The monoisotopic (exact) mass is 429 g/mol. The van der Waals surface area contributed by atoms with Crippen LogP contribution in [0.1, 0.15) is 34.0 Å². The van der Waals surface area contributed by atoms with Crippen LogP contribution < -0.4 is 15.5 Å². The lowest BCUT2D eigenvalue weighted by molar-refractivity contribution is -0.136. The van der Waals surface area contributed by atoms with Gasteiger partial charge in [-0.05, 0) is 66.9 Å². The molecule has 0 fully saturated rings. The summed E-state index contributed by atoms with van der Waals surface area (Å²) >= 11 is 0. The smallest absolute Gasteiger partial charge is 0.343 e. The van der Waals surface area contributed by atoms with Crippen LogP contribution in [-0.2, 0) is 16.0 Å². The molecule has 162 valence electrons. The van der Waals surface area contributed by atoms with E-state index < -0.39 is 17.8 Å². The second kappa shape index (κ2) is 10.7. The van der Waals surface area contributed by atoms with Crippen molar-refractivity contribution in [2.24, 2.45) is 5.10 Å². The first kappa shape index (κ1) is 22.4. The van der Waals surface area contributed by atoms with Crippen molar-refractivity contribution in [2.75, 3.05) is 5.32 Å². The molecule has 3 aromatic carbocycles. The number of rotatable bonds is 6. The van der Waals surface area contributed by atoms with Gasteiger partial charge in [-0.2, -0.15) is 5.10 Å². The lowest BCUT2D eigenvalue weighted by Gasteiger charge is -2.08. The van der Waals surface area contributed by atoms with Crippen molar-refractivity contribution < 1.29 is 19.1 Å². The largest absolute Gasteiger partial charge is 0.423 e. The second-order valence-corrected chi connectivity index (χ2v) is 6.99. The highest BCUT2D eigenvalue weighted by Gasteiger charge is 2.14. The molecule has 0 atom stereocenters. The van der Waals surface area contributed by atoms with E-state index in [2.05, 4.69) is 15.8 Å². The van der Waals surface area contributed by atoms with Crippen LogP contribution in [0, 0.1) is 6.92 Å². The van der Waals surface area contributed by atoms with Gasteiger partial charge in [0.1, 0.15) is 5.75 Å². The van der Waals surface area contributed by atoms with Crippen molar-refractivity contribution in [3.8, 4) is 5.75 Å². The van der Waals surface area contributed by atoms with Crippen LogP contribution >= 0.6 is 0 Å². The van der Waals surface area contributed by atoms with Gasteiger partial charge in [-0.25, -0.2) is 10.2 Å². The van der Waals surface area contributed by atoms with Gasteiger partial charge in [-0.15, -0.1) is 0 Å². The summed E-state index contributed by atoms with van der Waals surface area (Å²) in [6, 6.07) is 20.9. The van der Waals surface area contributed by atoms with Crippen molar-refractivity contribution in [2.45, 2.75) is 20.3 Å². The number of benzene rings is 3. The van der Waals surface area contributed by atoms with E-state index >= 15 is 0 Å². The van der Waals surface area contributed by atoms with Crippen LogP contribution in [0.3, 0.4) is 0 Å². The first-order valence-corrected chi connectivity index (χ1v) is 10.1. The molecule has 0 saturated heterocycles. The topological polar surface area (TPSA) is 96.9 Å². The molecular formula is C25H23N3O4. The molecule has 0 aliphatic rings. The van der Waals surface area contributed by atoms with E-state index in [1.165, 1.54) is 6.21 Å². The van der Waals surface area contributed by atoms with Gasteiger partial charge < -0.3 is 10.1 Å². The van der Waals surface area contributed by atoms with Gasteiger partial charge in [0.15, 0.2) is 0 Å². The molecule has 2 N–H and O–H groups in total. The van der Waals surface area contributed by atoms with Gasteiger partial charge in [0.05, 0.1) is 11.8 Å². The Labute approximate surface area is 186 Å². The summed E-state index contributed by atoms with van der Waals surface area (Å²) in [6.45, 7) is 3.90. The molecule has 0 aromatic heterocycles. The highest BCUT2D eigenvalue weighted by atomic mass is 16.5. The van der Waals surface area contributed by atoms with Gasteiger partial charge in [0.2, 0.25) is 0 Å². The van der Waals surface area contributed by atoms with Gasteiger partial charge >= 0.3 is 17.8 Å². The van der Waals surface area contributed by atoms with Crippen molar-refractivity contribution in [1.82, 2.24) is 5.43 Å². The highest BCUT2D eigenvalue weighted by molar-refractivity contribution is 6.39. The predicted octanol–water partition coefficient (Wildman–Crippen LogP) is 3.87. The van der Waals surface area contributed by atoms with E-state index in [0.717, 1.165) is 17.5 Å². The quantitative estimate of drug-likeness (QED) is 0.204. The minimum Gasteiger partial charge on any atom is -0.423 e. The molecule has 0 bridgehead atoms. The fourth-order valence-electron chi connectivity index (χ4n) is 2.82. The molecule has 0 spiro atoms. The number of carbonyl (C=O) groups excluding carboxylic acids is 3. The summed E-state index contributed by atoms with van der Waals surface area (Å²) in [7, 11) is 0. The summed E-state index contributed by atoms with van der Waals surface area (Å²) in [6.07, 6.45) is 2.11. The molecule has 0 aliphatic heterocycles. The lowest BCUT2D eigenvalue weighted by atomic mass is 10.1. The Balaban J connectivity index is 1.52. The van der Waals surface area contributed by atoms with Crippen LogP contribution in [0.2, 0.25) is 0 Å². The SMILES string of the molecule is CCc1ccccc1NC(=O)C(=O)NN=Cc1ccc(OC(=O)c2ccc(C)cc2)cc1. The van der Waals surface area contributed by atoms with Crippen LogP contribution in [0.4, 0.5) is 5.69 Å². The summed E-state index contributed by atoms with van der Waals surface area (Å²) in [5.41, 5.74) is 5.89. The molecule has 0 saturated carbocycles. The molecule has 2 amide bonds. The molecule has 3 rings (SSSR count). The Morgan fingerprint density at radius 1 is 0.906 bits per heavy atom. The molecule has 0 unspecified atom stereocenters. The Bertz CT molecular complexity index is 1140. The Morgan fingerprint density at radius 3 is 2.28 bits per heavy atom. The van der Waals surface area contributed by atoms with E-state index in [1.807, 2.05) is 38.1 Å². The van der Waals surface area contributed by atoms with Crippen molar-refractivity contribution in [3.05, 3.63) is 95.1 Å². The van der Waals surface area contributed by atoms with E-state index in [-0.39, 0.29) is 0 Å². The minimum atomic E-state index is -0.879. The highest BCUT2D eigenvalue weighted by Crippen LogP contribution is 2.15. The molecule has 0 heterocycles. The van der Waals surface area contributed by atoms with E-state index in [1.54, 1.807) is 48.5 Å². The third kappa shape index (κ3) is 6.12. The first-order valence-electron chi connectivity index (χ1n) is 10.1. The van der Waals surface area contributed by atoms with Gasteiger partial charge in [-0.3, -0.25) is 9.59 Å². The normalized spacial score (nSPS) is 10.6. The molecule has 3 aromatic rings. The second-order valence-electron chi connectivity index (χ2n) is 6.99. The lowest BCUT2D eigenvalue weighted by Crippen LogP contribution is -2.32. The molecule has 0 aliphatic carbocycles. The molecule has 7 heteroatoms. The zero-order valence-corrected chi connectivity index (χ0v) is 17.8. The van der Waals surface area contributed by atoms with E-state index in [0.29, 0.717) is 22.6 Å². The maximum Gasteiger partial charge on any atom is 0.343 e. The fourth-order valence-corrected chi connectivity index (χ4v) is 2.82. The molecule has 32 heavy (non-hydrogen) atoms. The van der Waals surface area contributed by atoms with E-state index in [9.17, 15) is 14.4 Å². The van der Waals surface area contributed by atoms with Crippen LogP contribution in [0.5, 0.6) is 5.75 Å². The number of hydrazone groups is 1. The van der Waals surface area contributed by atoms with Gasteiger partial charge in [0, 0.05) is 5.69 Å². The number of hydrogen-bond donors (Lipinski definition) is 2. The average molecular weight is 429 g/mol.